The van der Waals surface area contributed by atoms with Crippen LogP contribution < -0.4 is 0 Å². The van der Waals surface area contributed by atoms with Gasteiger partial charge in [-0.1, -0.05) is 71.9 Å². The first-order chi connectivity index (χ1) is 10.9. The molecular weight excluding hydrogens is 322 g/mol. The zero-order chi connectivity index (χ0) is 18.8. The van der Waals surface area contributed by atoms with Crippen LogP contribution >= 0.6 is 0 Å². The third kappa shape index (κ3) is 3.73. The van der Waals surface area contributed by atoms with Gasteiger partial charge >= 0.3 is 5.92 Å². The highest BCUT2D eigenvalue weighted by Crippen LogP contribution is 2.42. The third-order valence-electron chi connectivity index (χ3n) is 5.25. The van der Waals surface area contributed by atoms with Gasteiger partial charge in [-0.25, -0.2) is 0 Å². The molecule has 24 heavy (non-hydrogen) atoms. The second-order valence-corrected chi connectivity index (χ2v) is 13.2. The van der Waals surface area contributed by atoms with E-state index < -0.39 is 19.6 Å². The Labute approximate surface area is 146 Å². The van der Waals surface area contributed by atoms with Gasteiger partial charge in [-0.3, -0.25) is 0 Å². The van der Waals surface area contributed by atoms with Crippen LogP contribution in [0.3, 0.4) is 0 Å². The van der Waals surface area contributed by atoms with Gasteiger partial charge in [0.1, 0.15) is 8.07 Å². The molecule has 4 heteroatoms. The molecule has 0 amide bonds. The van der Waals surface area contributed by atoms with Crippen molar-refractivity contribution in [2.24, 2.45) is 0 Å². The Hall–Kier alpha value is -1.18. The lowest BCUT2D eigenvalue weighted by molar-refractivity contribution is -0.138. The predicted octanol–water partition coefficient (Wildman–Crippen LogP) is 5.75. The molecule has 0 aliphatic heterocycles. The summed E-state index contributed by atoms with van der Waals surface area (Å²) < 4.78 is 29.6. The van der Waals surface area contributed by atoms with E-state index >= 15 is 0 Å². The van der Waals surface area contributed by atoms with Gasteiger partial charge in [0.05, 0.1) is 0 Å². The Morgan fingerprint density at radius 3 is 1.71 bits per heavy atom. The topological polar surface area (TPSA) is 20.2 Å². The van der Waals surface area contributed by atoms with E-state index in [2.05, 4.69) is 53.0 Å². The van der Waals surface area contributed by atoms with Crippen molar-refractivity contribution < 1.29 is 13.9 Å². The summed E-state index contributed by atoms with van der Waals surface area (Å²) in [5.74, 6) is -1.30. The normalized spacial score (nSPS) is 15.4. The third-order valence-corrected chi connectivity index (χ3v) is 11.5. The van der Waals surface area contributed by atoms with Crippen LogP contribution in [0, 0.1) is 11.5 Å². The first kappa shape index (κ1) is 20.9. The van der Waals surface area contributed by atoms with Crippen LogP contribution in [-0.2, 0) is 5.60 Å². The number of alkyl halides is 2. The molecule has 0 fully saturated rings. The van der Waals surface area contributed by atoms with E-state index in [0.29, 0.717) is 0 Å². The number of aliphatic hydroxyl groups is 1. The van der Waals surface area contributed by atoms with E-state index in [9.17, 15) is 13.9 Å². The minimum absolute atomic E-state index is 0.176. The molecule has 0 saturated carbocycles. The summed E-state index contributed by atoms with van der Waals surface area (Å²) in [6, 6.07) is 8.03. The second kappa shape index (κ2) is 7.37. The molecule has 1 rings (SSSR count). The van der Waals surface area contributed by atoms with Crippen molar-refractivity contribution in [1.82, 2.24) is 0 Å². The van der Waals surface area contributed by atoms with Gasteiger partial charge in [-0.05, 0) is 35.0 Å². The number of benzene rings is 1. The molecule has 134 valence electrons. The maximum absolute atomic E-state index is 14.8. The van der Waals surface area contributed by atoms with Crippen molar-refractivity contribution in [3.63, 3.8) is 0 Å². The average Bonchev–Trinajstić information content (AvgIpc) is 2.47. The molecule has 1 nitrogen and oxygen atoms in total. The van der Waals surface area contributed by atoms with Crippen molar-refractivity contribution in [3.05, 3.63) is 35.9 Å². The molecule has 0 bridgehead atoms. The Bertz CT molecular complexity index is 573. The fourth-order valence-corrected chi connectivity index (χ4v) is 8.92. The summed E-state index contributed by atoms with van der Waals surface area (Å²) in [7, 11) is -2.27. The first-order valence-corrected chi connectivity index (χ1v) is 10.8. The Morgan fingerprint density at radius 1 is 0.917 bits per heavy atom. The predicted molar refractivity (Wildman–Crippen MR) is 99.8 cm³/mol. The molecule has 0 aliphatic carbocycles. The standard InChI is InChI=1S/C20H30F2OSi/c1-15(2)24(16(3)4,17(5)6)14-13-20(21,22)19(7,23)18-11-9-8-10-12-18/h8-12,15-17,23H,1-7H3. The Morgan fingerprint density at radius 2 is 1.33 bits per heavy atom. The quantitative estimate of drug-likeness (QED) is 0.528. The summed E-state index contributed by atoms with van der Waals surface area (Å²) in [6.45, 7) is 13.6. The van der Waals surface area contributed by atoms with Gasteiger partial charge in [0.2, 0.25) is 0 Å². The summed E-state index contributed by atoms with van der Waals surface area (Å²) in [4.78, 5) is 0. The molecule has 0 heterocycles. The summed E-state index contributed by atoms with van der Waals surface area (Å²) in [5.41, 5.74) is 1.69. The molecular formula is C20H30F2OSi. The first-order valence-electron chi connectivity index (χ1n) is 8.59. The number of hydrogen-bond acceptors (Lipinski definition) is 1. The smallest absolute Gasteiger partial charge is 0.339 e. The van der Waals surface area contributed by atoms with Crippen LogP contribution in [0.2, 0.25) is 16.6 Å². The largest absolute Gasteiger partial charge is 0.378 e. The molecule has 0 radical (unpaired) electrons. The highest BCUT2D eigenvalue weighted by atomic mass is 28.3. The summed E-state index contributed by atoms with van der Waals surface area (Å²) in [5, 5.41) is 10.5. The van der Waals surface area contributed by atoms with Gasteiger partial charge < -0.3 is 5.11 Å². The summed E-state index contributed by atoms with van der Waals surface area (Å²) >= 11 is 0. The Balaban J connectivity index is 3.38. The van der Waals surface area contributed by atoms with Crippen molar-refractivity contribution in [1.29, 1.82) is 0 Å². The molecule has 1 unspecified atom stereocenters. The van der Waals surface area contributed by atoms with E-state index in [4.69, 9.17) is 0 Å². The highest BCUT2D eigenvalue weighted by molar-refractivity contribution is 6.90. The highest BCUT2D eigenvalue weighted by Gasteiger charge is 2.50. The molecule has 0 spiro atoms. The van der Waals surface area contributed by atoms with Crippen LogP contribution in [0.4, 0.5) is 8.78 Å². The van der Waals surface area contributed by atoms with Gasteiger partial charge in [0.15, 0.2) is 5.60 Å². The monoisotopic (exact) mass is 352 g/mol. The number of halogens is 2. The van der Waals surface area contributed by atoms with Crippen LogP contribution in [0.15, 0.2) is 30.3 Å². The van der Waals surface area contributed by atoms with Crippen LogP contribution in [0.5, 0.6) is 0 Å². The van der Waals surface area contributed by atoms with Gasteiger partial charge in [-0.2, -0.15) is 8.78 Å². The van der Waals surface area contributed by atoms with Crippen molar-refractivity contribution in [2.45, 2.75) is 76.6 Å². The number of rotatable bonds is 5. The van der Waals surface area contributed by atoms with Crippen LogP contribution in [-0.4, -0.2) is 19.1 Å². The zero-order valence-electron chi connectivity index (χ0n) is 15.8. The van der Waals surface area contributed by atoms with Gasteiger partial charge in [-0.15, -0.1) is 5.54 Å². The summed E-state index contributed by atoms with van der Waals surface area (Å²) in [6.07, 6.45) is 0. The maximum atomic E-state index is 14.8. The van der Waals surface area contributed by atoms with Crippen molar-refractivity contribution in [2.75, 3.05) is 0 Å². The van der Waals surface area contributed by atoms with Crippen LogP contribution in [0.1, 0.15) is 54.0 Å². The fourth-order valence-electron chi connectivity index (χ4n) is 3.69. The maximum Gasteiger partial charge on any atom is 0.339 e. The molecule has 1 atom stereocenters. The lowest BCUT2D eigenvalue weighted by Crippen LogP contribution is -2.46. The second-order valence-electron chi connectivity index (χ2n) is 7.66. The zero-order valence-corrected chi connectivity index (χ0v) is 16.8. The van der Waals surface area contributed by atoms with E-state index in [1.54, 1.807) is 18.2 Å². The van der Waals surface area contributed by atoms with Crippen LogP contribution in [0.25, 0.3) is 0 Å². The number of hydrogen-bond donors (Lipinski definition) is 1. The molecule has 0 saturated heterocycles. The Kier molecular flexibility index (Phi) is 6.41. The molecule has 0 aliphatic rings. The lowest BCUT2D eigenvalue weighted by Gasteiger charge is -2.38. The lowest BCUT2D eigenvalue weighted by atomic mass is 9.90. The minimum Gasteiger partial charge on any atom is -0.378 e. The SMILES string of the molecule is CC(C)[Si](C#CC(F)(F)C(C)(O)c1ccccc1)(C(C)C)C(C)C. The van der Waals surface area contributed by atoms with E-state index in [0.717, 1.165) is 6.92 Å². The minimum atomic E-state index is -3.51. The fraction of sp³-hybridized carbons (Fsp3) is 0.600. The van der Waals surface area contributed by atoms with E-state index in [1.165, 1.54) is 12.1 Å². The van der Waals surface area contributed by atoms with Gasteiger partial charge in [0, 0.05) is 0 Å². The molecule has 0 aromatic heterocycles. The van der Waals surface area contributed by atoms with Crippen molar-refractivity contribution in [3.8, 4) is 11.5 Å². The average molecular weight is 353 g/mol. The molecule has 1 N–H and O–H groups in total. The van der Waals surface area contributed by atoms with E-state index in [-0.39, 0.29) is 22.2 Å². The van der Waals surface area contributed by atoms with E-state index in [1.807, 2.05) is 0 Å². The van der Waals surface area contributed by atoms with Gasteiger partial charge in [0.25, 0.3) is 0 Å². The molecule has 1 aromatic carbocycles. The molecule has 1 aromatic rings. The van der Waals surface area contributed by atoms with Crippen molar-refractivity contribution >= 4 is 8.07 Å².